The average molecular weight is 538 g/mol. The summed E-state index contributed by atoms with van der Waals surface area (Å²) in [4.78, 5) is 4.72. The second-order valence-corrected chi connectivity index (χ2v) is 9.29. The molecule has 0 bridgehead atoms. The number of benzene rings is 3. The van der Waals surface area contributed by atoms with Crippen LogP contribution in [0.1, 0.15) is 16.7 Å². The van der Waals surface area contributed by atoms with Crippen LogP contribution in [0.4, 0.5) is 13.2 Å². The first-order valence-corrected chi connectivity index (χ1v) is 12.1. The molecule has 0 amide bonds. The molecule has 0 aliphatic rings. The number of aromatic nitrogens is 3. The van der Waals surface area contributed by atoms with E-state index in [1.165, 1.54) is 18.9 Å². The fourth-order valence-corrected chi connectivity index (χ4v) is 4.46. The molecule has 0 unspecified atom stereocenters. The zero-order chi connectivity index (χ0) is 27.2. The normalized spacial score (nSPS) is 11.7. The van der Waals surface area contributed by atoms with Gasteiger partial charge in [-0.15, -0.1) is 0 Å². The Labute approximate surface area is 222 Å². The minimum atomic E-state index is -4.68. The third kappa shape index (κ3) is 4.56. The number of rotatable bonds is 5. The highest BCUT2D eigenvalue weighted by Gasteiger charge is 2.37. The van der Waals surface area contributed by atoms with Crippen LogP contribution in [0.3, 0.4) is 0 Å². The number of hydrogen-bond donors (Lipinski definition) is 0. The lowest BCUT2D eigenvalue weighted by Crippen LogP contribution is -2.08. The highest BCUT2D eigenvalue weighted by Crippen LogP contribution is 2.42. The second kappa shape index (κ2) is 9.68. The van der Waals surface area contributed by atoms with E-state index in [-0.39, 0.29) is 22.4 Å². The van der Waals surface area contributed by atoms with Crippen molar-refractivity contribution in [2.24, 2.45) is 0 Å². The van der Waals surface area contributed by atoms with Crippen LogP contribution < -0.4 is 9.47 Å². The molecule has 5 aromatic rings. The molecule has 194 valence electrons. The smallest absolute Gasteiger partial charge is 0.417 e. The van der Waals surface area contributed by atoms with Gasteiger partial charge in [0.1, 0.15) is 5.69 Å². The Morgan fingerprint density at radius 3 is 2.11 bits per heavy atom. The number of ether oxygens (including phenoxy) is 2. The number of halogens is 4. The summed E-state index contributed by atoms with van der Waals surface area (Å²) >= 11 is 6.05. The molecule has 2 heterocycles. The van der Waals surface area contributed by atoms with Crippen molar-refractivity contribution < 1.29 is 22.6 Å². The van der Waals surface area contributed by atoms with Gasteiger partial charge in [-0.25, -0.2) is 9.67 Å². The highest BCUT2D eigenvalue weighted by atomic mass is 35.5. The molecule has 0 atom stereocenters. The fourth-order valence-electron chi connectivity index (χ4n) is 4.33. The van der Waals surface area contributed by atoms with Crippen LogP contribution in [0.2, 0.25) is 5.02 Å². The lowest BCUT2D eigenvalue weighted by atomic mass is 10.0. The number of fused-ring (bicyclic) bond motifs is 1. The largest absolute Gasteiger partial charge is 0.493 e. The molecular weight excluding hydrogens is 515 g/mol. The van der Waals surface area contributed by atoms with Crippen molar-refractivity contribution in [1.82, 2.24) is 14.8 Å². The molecule has 2 aromatic heterocycles. The summed E-state index contributed by atoms with van der Waals surface area (Å²) in [6.07, 6.45) is -4.68. The molecule has 9 heteroatoms. The van der Waals surface area contributed by atoms with Crippen molar-refractivity contribution in [3.8, 4) is 39.7 Å². The van der Waals surface area contributed by atoms with Gasteiger partial charge < -0.3 is 9.47 Å². The van der Waals surface area contributed by atoms with E-state index in [2.05, 4.69) is 5.10 Å². The van der Waals surface area contributed by atoms with Gasteiger partial charge in [0.15, 0.2) is 17.1 Å². The topological polar surface area (TPSA) is 49.2 Å². The molecule has 0 N–H and O–H groups in total. The first-order chi connectivity index (χ1) is 18.1. The van der Waals surface area contributed by atoms with Crippen LogP contribution >= 0.6 is 11.6 Å². The van der Waals surface area contributed by atoms with Crippen LogP contribution in [0.5, 0.6) is 11.5 Å². The van der Waals surface area contributed by atoms with Gasteiger partial charge in [-0.3, -0.25) is 0 Å². The predicted octanol–water partition coefficient (Wildman–Crippen LogP) is 8.06. The third-order valence-electron chi connectivity index (χ3n) is 6.48. The molecule has 3 aromatic carbocycles. The minimum absolute atomic E-state index is 0.0813. The van der Waals surface area contributed by atoms with Gasteiger partial charge in [0, 0.05) is 16.1 Å². The van der Waals surface area contributed by atoms with E-state index in [1.807, 2.05) is 32.0 Å². The number of pyridine rings is 1. The Bertz CT molecular complexity index is 1660. The maximum atomic E-state index is 14.6. The Balaban J connectivity index is 1.87. The highest BCUT2D eigenvalue weighted by molar-refractivity contribution is 6.30. The number of methoxy groups -OCH3 is 2. The van der Waals surface area contributed by atoms with Gasteiger partial charge in [-0.1, -0.05) is 29.8 Å². The Morgan fingerprint density at radius 1 is 0.789 bits per heavy atom. The summed E-state index contributed by atoms with van der Waals surface area (Å²) in [7, 11) is 2.95. The van der Waals surface area contributed by atoms with E-state index in [4.69, 9.17) is 26.1 Å². The van der Waals surface area contributed by atoms with Crippen LogP contribution in [-0.4, -0.2) is 29.0 Å². The molecule has 5 rings (SSSR count). The van der Waals surface area contributed by atoms with Crippen molar-refractivity contribution in [3.63, 3.8) is 0 Å². The van der Waals surface area contributed by atoms with Gasteiger partial charge in [0.2, 0.25) is 0 Å². The van der Waals surface area contributed by atoms with Crippen molar-refractivity contribution in [3.05, 3.63) is 88.4 Å². The summed E-state index contributed by atoms with van der Waals surface area (Å²) < 4.78 is 56.0. The Hall–Kier alpha value is -4.04. The molecule has 0 radical (unpaired) electrons. The van der Waals surface area contributed by atoms with Crippen molar-refractivity contribution in [2.45, 2.75) is 20.0 Å². The van der Waals surface area contributed by atoms with E-state index in [0.717, 1.165) is 17.2 Å². The maximum absolute atomic E-state index is 14.6. The number of nitrogens with zero attached hydrogens (tertiary/aromatic N) is 3. The fraction of sp³-hybridized carbons (Fsp3) is 0.172. The number of hydrogen-bond acceptors (Lipinski definition) is 4. The van der Waals surface area contributed by atoms with Crippen molar-refractivity contribution in [1.29, 1.82) is 0 Å². The molecule has 0 fully saturated rings. The summed E-state index contributed by atoms with van der Waals surface area (Å²) in [6, 6.07) is 18.1. The van der Waals surface area contributed by atoms with E-state index in [9.17, 15) is 13.2 Å². The molecule has 5 nitrogen and oxygen atoms in total. The number of alkyl halides is 3. The lowest BCUT2D eigenvalue weighted by Gasteiger charge is -2.14. The first-order valence-electron chi connectivity index (χ1n) is 11.7. The molecular formula is C29H23ClF3N3O2. The molecule has 0 aliphatic heterocycles. The average Bonchev–Trinajstić information content (AvgIpc) is 3.28. The summed E-state index contributed by atoms with van der Waals surface area (Å²) in [6.45, 7) is 3.91. The van der Waals surface area contributed by atoms with Crippen LogP contribution in [-0.2, 0) is 6.18 Å². The van der Waals surface area contributed by atoms with E-state index in [0.29, 0.717) is 33.3 Å². The Morgan fingerprint density at radius 2 is 1.47 bits per heavy atom. The lowest BCUT2D eigenvalue weighted by molar-refractivity contribution is -0.136. The molecule has 0 saturated carbocycles. The van der Waals surface area contributed by atoms with Gasteiger partial charge >= 0.3 is 6.18 Å². The monoisotopic (exact) mass is 537 g/mol. The summed E-state index contributed by atoms with van der Waals surface area (Å²) in [5.74, 6) is 0.837. The second-order valence-electron chi connectivity index (χ2n) is 8.86. The van der Waals surface area contributed by atoms with Gasteiger partial charge in [-0.05, 0) is 73.5 Å². The molecule has 0 saturated heterocycles. The minimum Gasteiger partial charge on any atom is -0.493 e. The quantitative estimate of drug-likeness (QED) is 0.227. The van der Waals surface area contributed by atoms with Crippen LogP contribution in [0.25, 0.3) is 39.2 Å². The SMILES string of the molecule is COc1ccc(-c2cc(C(F)(F)F)c3c(-c4ccc(Cl)cc4)nn(-c4ccc(C)c(C)c4)c3n2)cc1OC. The summed E-state index contributed by atoms with van der Waals surface area (Å²) in [5.41, 5.74) is 3.09. The summed E-state index contributed by atoms with van der Waals surface area (Å²) in [5, 5.41) is 5.04. The number of aryl methyl sites for hydroxylation is 2. The first kappa shape index (κ1) is 25.6. The maximum Gasteiger partial charge on any atom is 0.417 e. The van der Waals surface area contributed by atoms with E-state index in [1.54, 1.807) is 42.5 Å². The molecule has 0 aliphatic carbocycles. The Kier molecular flexibility index (Phi) is 6.53. The van der Waals surface area contributed by atoms with E-state index < -0.39 is 11.7 Å². The van der Waals surface area contributed by atoms with Crippen LogP contribution in [0, 0.1) is 13.8 Å². The predicted molar refractivity (Wildman–Crippen MR) is 142 cm³/mol. The molecule has 0 spiro atoms. The van der Waals surface area contributed by atoms with Gasteiger partial charge in [0.05, 0.1) is 36.6 Å². The third-order valence-corrected chi connectivity index (χ3v) is 6.73. The van der Waals surface area contributed by atoms with Crippen molar-refractivity contribution in [2.75, 3.05) is 14.2 Å². The van der Waals surface area contributed by atoms with Gasteiger partial charge in [0.25, 0.3) is 0 Å². The zero-order valence-electron chi connectivity index (χ0n) is 21.0. The zero-order valence-corrected chi connectivity index (χ0v) is 21.8. The van der Waals surface area contributed by atoms with Crippen LogP contribution in [0.15, 0.2) is 66.7 Å². The molecule has 38 heavy (non-hydrogen) atoms. The van der Waals surface area contributed by atoms with Gasteiger partial charge in [-0.2, -0.15) is 18.3 Å². The standard InChI is InChI=1S/C29H23ClF3N3O2/c1-16-5-11-21(13-17(16)2)36-28-26(27(35-36)18-6-9-20(30)10-7-18)22(29(31,32)33)15-23(34-28)19-8-12-24(37-3)25(14-19)38-4/h5-15H,1-4H3. The van der Waals surface area contributed by atoms with E-state index >= 15 is 0 Å². The van der Waals surface area contributed by atoms with Crippen molar-refractivity contribution >= 4 is 22.6 Å².